The van der Waals surface area contributed by atoms with Gasteiger partial charge in [0, 0.05) is 18.8 Å². The van der Waals surface area contributed by atoms with Crippen molar-refractivity contribution in [3.05, 3.63) is 36.5 Å². The lowest BCUT2D eigenvalue weighted by molar-refractivity contribution is 0.520. The van der Waals surface area contributed by atoms with Gasteiger partial charge in [-0.25, -0.2) is 8.51 Å². The molecular weight excluding hydrogens is 194 g/mol. The van der Waals surface area contributed by atoms with E-state index in [1.54, 1.807) is 6.08 Å². The van der Waals surface area contributed by atoms with E-state index in [4.69, 9.17) is 0 Å². The molecule has 1 heterocycles. The van der Waals surface area contributed by atoms with Crippen LogP contribution < -0.4 is 0 Å². The zero-order valence-corrected chi connectivity index (χ0v) is 9.43. The summed E-state index contributed by atoms with van der Waals surface area (Å²) in [4.78, 5) is 0. The van der Waals surface area contributed by atoms with Gasteiger partial charge in [0.25, 0.3) is 0 Å². The SMILES string of the molecule is C=C/C=C(C)\C=C/CN1CCCS1=O. The van der Waals surface area contributed by atoms with Gasteiger partial charge in [-0.2, -0.15) is 0 Å². The minimum atomic E-state index is -0.737. The molecule has 1 aliphatic rings. The smallest absolute Gasteiger partial charge is 0.0945 e. The van der Waals surface area contributed by atoms with Gasteiger partial charge in [-0.05, 0) is 13.3 Å². The average Bonchev–Trinajstić information content (AvgIpc) is 2.52. The summed E-state index contributed by atoms with van der Waals surface area (Å²) in [5.74, 6) is 0.829. The molecule has 0 saturated carbocycles. The molecule has 1 unspecified atom stereocenters. The molecule has 0 aromatic heterocycles. The van der Waals surface area contributed by atoms with Gasteiger partial charge in [-0.15, -0.1) is 0 Å². The summed E-state index contributed by atoms with van der Waals surface area (Å²) in [5, 5.41) is 0. The lowest BCUT2D eigenvalue weighted by Gasteiger charge is -2.09. The van der Waals surface area contributed by atoms with Crippen molar-refractivity contribution in [1.82, 2.24) is 4.31 Å². The van der Waals surface area contributed by atoms with Crippen LogP contribution in [0.25, 0.3) is 0 Å². The van der Waals surface area contributed by atoms with Gasteiger partial charge in [0.2, 0.25) is 0 Å². The van der Waals surface area contributed by atoms with Crippen molar-refractivity contribution in [1.29, 1.82) is 0 Å². The second-order valence-electron chi connectivity index (χ2n) is 3.32. The van der Waals surface area contributed by atoms with Gasteiger partial charge in [-0.3, -0.25) is 0 Å². The fourth-order valence-corrected chi connectivity index (χ4v) is 2.59. The zero-order chi connectivity index (χ0) is 10.4. The van der Waals surface area contributed by atoms with E-state index in [-0.39, 0.29) is 0 Å². The van der Waals surface area contributed by atoms with Crippen LogP contribution in [-0.2, 0) is 11.0 Å². The van der Waals surface area contributed by atoms with E-state index in [1.807, 2.05) is 23.4 Å². The van der Waals surface area contributed by atoms with Crippen molar-refractivity contribution in [2.45, 2.75) is 13.3 Å². The van der Waals surface area contributed by atoms with Crippen molar-refractivity contribution in [3.63, 3.8) is 0 Å². The normalized spacial score (nSPS) is 24.6. The first-order chi connectivity index (χ1) is 6.74. The van der Waals surface area contributed by atoms with E-state index in [2.05, 4.69) is 12.7 Å². The summed E-state index contributed by atoms with van der Waals surface area (Å²) < 4.78 is 13.3. The Bertz CT molecular complexity index is 281. The molecule has 0 aliphatic carbocycles. The van der Waals surface area contributed by atoms with Crippen molar-refractivity contribution >= 4 is 11.0 Å². The Morgan fingerprint density at radius 3 is 3.00 bits per heavy atom. The second kappa shape index (κ2) is 5.94. The van der Waals surface area contributed by atoms with Gasteiger partial charge in [0.05, 0.1) is 11.0 Å². The Morgan fingerprint density at radius 2 is 2.43 bits per heavy atom. The first-order valence-corrected chi connectivity index (χ1v) is 6.11. The van der Waals surface area contributed by atoms with Crippen LogP contribution in [-0.4, -0.2) is 27.4 Å². The molecule has 0 bridgehead atoms. The zero-order valence-electron chi connectivity index (χ0n) is 8.61. The molecule has 0 spiro atoms. The highest BCUT2D eigenvalue weighted by Crippen LogP contribution is 2.08. The first kappa shape index (κ1) is 11.4. The van der Waals surface area contributed by atoms with Crippen LogP contribution in [0.4, 0.5) is 0 Å². The monoisotopic (exact) mass is 211 g/mol. The summed E-state index contributed by atoms with van der Waals surface area (Å²) in [6, 6.07) is 0. The van der Waals surface area contributed by atoms with Gasteiger partial charge in [0.15, 0.2) is 0 Å². The van der Waals surface area contributed by atoms with Gasteiger partial charge < -0.3 is 0 Å². The second-order valence-corrected chi connectivity index (χ2v) is 4.88. The first-order valence-electron chi connectivity index (χ1n) is 4.83. The standard InChI is InChI=1S/C11H17NOS/c1-3-6-11(2)7-4-8-12-9-5-10-14(12)13/h3-4,6-7H,1,5,8-10H2,2H3/b7-4-,11-6-. The molecule has 78 valence electrons. The van der Waals surface area contributed by atoms with Crippen molar-refractivity contribution in [2.75, 3.05) is 18.8 Å². The maximum absolute atomic E-state index is 11.3. The largest absolute Gasteiger partial charge is 0.243 e. The van der Waals surface area contributed by atoms with Crippen LogP contribution in [0.2, 0.25) is 0 Å². The molecule has 14 heavy (non-hydrogen) atoms. The fourth-order valence-electron chi connectivity index (χ4n) is 1.37. The van der Waals surface area contributed by atoms with E-state index in [0.717, 1.165) is 25.3 Å². The quantitative estimate of drug-likeness (QED) is 0.652. The maximum Gasteiger partial charge on any atom is 0.0945 e. The maximum atomic E-state index is 11.3. The van der Waals surface area contributed by atoms with Gasteiger partial charge >= 0.3 is 0 Å². The molecule has 1 rings (SSSR count). The number of hydrogen-bond acceptors (Lipinski definition) is 1. The molecule has 0 aromatic carbocycles. The van der Waals surface area contributed by atoms with Crippen molar-refractivity contribution in [2.24, 2.45) is 0 Å². The molecule has 0 aromatic rings. The topological polar surface area (TPSA) is 20.3 Å². The Hall–Kier alpha value is -0.670. The predicted octanol–water partition coefficient (Wildman–Crippen LogP) is 2.04. The van der Waals surface area contributed by atoms with E-state index in [0.29, 0.717) is 0 Å². The Kier molecular flexibility index (Phi) is 4.84. The minimum Gasteiger partial charge on any atom is -0.243 e. The van der Waals surface area contributed by atoms with Crippen LogP contribution in [0.1, 0.15) is 13.3 Å². The Balaban J connectivity index is 2.36. The molecule has 1 fully saturated rings. The summed E-state index contributed by atoms with van der Waals surface area (Å²) >= 11 is 0. The van der Waals surface area contributed by atoms with Crippen LogP contribution in [0.5, 0.6) is 0 Å². The average molecular weight is 211 g/mol. The molecule has 0 radical (unpaired) electrons. The summed E-state index contributed by atoms with van der Waals surface area (Å²) in [5.41, 5.74) is 1.17. The van der Waals surface area contributed by atoms with Gasteiger partial charge in [-0.1, -0.05) is 36.5 Å². The van der Waals surface area contributed by atoms with Crippen LogP contribution in [0.15, 0.2) is 36.5 Å². The highest BCUT2D eigenvalue weighted by Gasteiger charge is 2.17. The summed E-state index contributed by atoms with van der Waals surface area (Å²) in [6.45, 7) is 7.40. The molecule has 0 N–H and O–H groups in total. The molecule has 1 atom stereocenters. The van der Waals surface area contributed by atoms with Gasteiger partial charge in [0.1, 0.15) is 0 Å². The lowest BCUT2D eigenvalue weighted by atomic mass is 10.2. The van der Waals surface area contributed by atoms with E-state index >= 15 is 0 Å². The Labute approximate surface area is 88.6 Å². The molecule has 2 nitrogen and oxygen atoms in total. The summed E-state index contributed by atoms with van der Waals surface area (Å²) in [6.07, 6.45) is 8.88. The molecule has 1 aliphatic heterocycles. The van der Waals surface area contributed by atoms with Crippen molar-refractivity contribution < 1.29 is 4.21 Å². The van der Waals surface area contributed by atoms with Crippen LogP contribution in [0.3, 0.4) is 0 Å². The minimum absolute atomic E-state index is 0.737. The molecule has 3 heteroatoms. The number of rotatable bonds is 4. The number of allylic oxidation sites excluding steroid dienone is 4. The fraction of sp³-hybridized carbons (Fsp3) is 0.455. The van der Waals surface area contributed by atoms with E-state index in [9.17, 15) is 4.21 Å². The molecule has 1 saturated heterocycles. The highest BCUT2D eigenvalue weighted by atomic mass is 32.2. The predicted molar refractivity (Wildman–Crippen MR) is 62.3 cm³/mol. The molecule has 0 amide bonds. The lowest BCUT2D eigenvalue weighted by Crippen LogP contribution is -2.20. The third-order valence-corrected chi connectivity index (χ3v) is 3.63. The van der Waals surface area contributed by atoms with Crippen molar-refractivity contribution in [3.8, 4) is 0 Å². The third-order valence-electron chi connectivity index (χ3n) is 2.08. The van der Waals surface area contributed by atoms with Crippen LogP contribution in [0, 0.1) is 0 Å². The van der Waals surface area contributed by atoms with E-state index in [1.165, 1.54) is 5.57 Å². The summed E-state index contributed by atoms with van der Waals surface area (Å²) in [7, 11) is -0.737. The Morgan fingerprint density at radius 1 is 1.64 bits per heavy atom. The number of nitrogens with zero attached hydrogens (tertiary/aromatic N) is 1. The highest BCUT2D eigenvalue weighted by molar-refractivity contribution is 7.82. The number of hydrogen-bond donors (Lipinski definition) is 0. The third kappa shape index (κ3) is 3.60. The van der Waals surface area contributed by atoms with Crippen LogP contribution >= 0.6 is 0 Å². The molecular formula is C11H17NOS. The van der Waals surface area contributed by atoms with E-state index < -0.39 is 11.0 Å².